The summed E-state index contributed by atoms with van der Waals surface area (Å²) in [5.41, 5.74) is 0.367. The third kappa shape index (κ3) is 9.76. The molecule has 38 heavy (non-hydrogen) atoms. The van der Waals surface area contributed by atoms with Crippen molar-refractivity contribution in [1.82, 2.24) is 25.0 Å². The number of alkyl halides is 3. The molecule has 1 aromatic carbocycles. The Morgan fingerprint density at radius 1 is 1.08 bits per heavy atom. The Balaban J connectivity index is 1.35. The van der Waals surface area contributed by atoms with Gasteiger partial charge in [-0.15, -0.1) is 24.5 Å². The van der Waals surface area contributed by atoms with E-state index in [0.717, 1.165) is 57.8 Å². The van der Waals surface area contributed by atoms with Gasteiger partial charge < -0.3 is 24.6 Å². The molecule has 1 aliphatic heterocycles. The van der Waals surface area contributed by atoms with Crippen LogP contribution in [0.3, 0.4) is 0 Å². The average molecular weight is 558 g/mol. The van der Waals surface area contributed by atoms with E-state index >= 15 is 0 Å². The Hall–Kier alpha value is -2.90. The first kappa shape index (κ1) is 29.7. The fourth-order valence-corrected chi connectivity index (χ4v) is 4.70. The zero-order valence-corrected chi connectivity index (χ0v) is 22.4. The van der Waals surface area contributed by atoms with Gasteiger partial charge in [-0.2, -0.15) is 0 Å². The number of hydrogen-bond donors (Lipinski definition) is 1. The highest BCUT2D eigenvalue weighted by Crippen LogP contribution is 2.24. The zero-order valence-electron chi connectivity index (χ0n) is 21.6. The maximum Gasteiger partial charge on any atom is 0.573 e. The van der Waals surface area contributed by atoms with Crippen LogP contribution in [0.15, 0.2) is 29.6 Å². The van der Waals surface area contributed by atoms with E-state index in [1.165, 1.54) is 23.5 Å². The van der Waals surface area contributed by atoms with Gasteiger partial charge in [0.05, 0.1) is 6.54 Å². The standard InChI is InChI=1S/C25H34F3N5O4S/c1-3-31(4-2)10-5-11-32-12-14-33(15-13-32)24(35)21-18-38-23(30-21)16-29-22(34)17-36-19-6-8-20(9-7-19)37-25(26,27)28/h6-9,18H,3-5,10-17H2,1-2H3,(H,29,34). The highest BCUT2D eigenvalue weighted by molar-refractivity contribution is 7.09. The molecule has 0 bridgehead atoms. The van der Waals surface area contributed by atoms with Crippen LogP contribution < -0.4 is 14.8 Å². The van der Waals surface area contributed by atoms with Crippen molar-refractivity contribution < 1.29 is 32.2 Å². The van der Waals surface area contributed by atoms with Crippen LogP contribution in [0.2, 0.25) is 0 Å². The Morgan fingerprint density at radius 3 is 2.37 bits per heavy atom. The fourth-order valence-electron chi connectivity index (χ4n) is 4.00. The van der Waals surface area contributed by atoms with Crippen LogP contribution in [0.25, 0.3) is 0 Å². The second-order valence-corrected chi connectivity index (χ2v) is 9.67. The maximum atomic E-state index is 12.9. The molecule has 3 rings (SSSR count). The molecule has 2 heterocycles. The summed E-state index contributed by atoms with van der Waals surface area (Å²) >= 11 is 1.29. The number of aromatic nitrogens is 1. The number of nitrogens with zero attached hydrogens (tertiary/aromatic N) is 4. The van der Waals surface area contributed by atoms with Crippen LogP contribution in [-0.4, -0.2) is 96.8 Å². The molecule has 1 aliphatic rings. The van der Waals surface area contributed by atoms with Gasteiger partial charge in [-0.05, 0) is 56.9 Å². The topological polar surface area (TPSA) is 87.2 Å². The molecule has 1 fully saturated rings. The van der Waals surface area contributed by atoms with E-state index in [-0.39, 0.29) is 30.6 Å². The van der Waals surface area contributed by atoms with Gasteiger partial charge in [0.25, 0.3) is 11.8 Å². The van der Waals surface area contributed by atoms with E-state index in [1.54, 1.807) is 5.38 Å². The highest BCUT2D eigenvalue weighted by atomic mass is 32.1. The Labute approximate surface area is 224 Å². The predicted octanol–water partition coefficient (Wildman–Crippen LogP) is 3.23. The fraction of sp³-hybridized carbons (Fsp3) is 0.560. The van der Waals surface area contributed by atoms with Crippen molar-refractivity contribution in [2.45, 2.75) is 33.2 Å². The minimum absolute atomic E-state index is 0.108. The molecule has 2 amide bonds. The van der Waals surface area contributed by atoms with E-state index in [4.69, 9.17) is 4.74 Å². The summed E-state index contributed by atoms with van der Waals surface area (Å²) in [5.74, 6) is -0.694. The summed E-state index contributed by atoms with van der Waals surface area (Å²) in [4.78, 5) is 35.9. The first-order valence-electron chi connectivity index (χ1n) is 12.6. The molecule has 0 aliphatic carbocycles. The molecule has 1 saturated heterocycles. The summed E-state index contributed by atoms with van der Waals surface area (Å²) in [6, 6.07) is 4.75. The van der Waals surface area contributed by atoms with Gasteiger partial charge in [0.2, 0.25) is 0 Å². The van der Waals surface area contributed by atoms with E-state index in [1.807, 2.05) is 4.90 Å². The van der Waals surface area contributed by atoms with Crippen LogP contribution in [0.4, 0.5) is 13.2 Å². The number of benzene rings is 1. The molecule has 2 aromatic rings. The number of nitrogens with one attached hydrogen (secondary N) is 1. The Bertz CT molecular complexity index is 1020. The number of carbonyl (C=O) groups excluding carboxylic acids is 2. The molecule has 0 spiro atoms. The van der Waals surface area contributed by atoms with Crippen LogP contribution in [0, 0.1) is 0 Å². The van der Waals surface area contributed by atoms with Gasteiger partial charge in [-0.3, -0.25) is 14.5 Å². The lowest BCUT2D eigenvalue weighted by atomic mass is 10.2. The normalized spacial score (nSPS) is 14.5. The first-order valence-corrected chi connectivity index (χ1v) is 13.5. The number of halogens is 3. The van der Waals surface area contributed by atoms with Gasteiger partial charge >= 0.3 is 6.36 Å². The number of hydrogen-bond acceptors (Lipinski definition) is 8. The van der Waals surface area contributed by atoms with E-state index in [9.17, 15) is 22.8 Å². The van der Waals surface area contributed by atoms with Gasteiger partial charge in [0, 0.05) is 31.6 Å². The Kier molecular flexibility index (Phi) is 11.2. The number of rotatable bonds is 13. The smallest absolute Gasteiger partial charge is 0.484 e. The molecule has 210 valence electrons. The predicted molar refractivity (Wildman–Crippen MR) is 137 cm³/mol. The molecular formula is C25H34F3N5O4S. The van der Waals surface area contributed by atoms with Gasteiger partial charge in [-0.25, -0.2) is 4.98 Å². The SMILES string of the molecule is CCN(CC)CCCN1CCN(C(=O)c2csc(CNC(=O)COc3ccc(OC(F)(F)F)cc3)n2)CC1. The first-order chi connectivity index (χ1) is 18.2. The summed E-state index contributed by atoms with van der Waals surface area (Å²) in [6.45, 7) is 11.4. The van der Waals surface area contributed by atoms with Gasteiger partial charge in [-0.1, -0.05) is 13.8 Å². The Morgan fingerprint density at radius 2 is 1.74 bits per heavy atom. The van der Waals surface area contributed by atoms with Crippen molar-refractivity contribution >= 4 is 23.2 Å². The molecule has 1 N–H and O–H groups in total. The minimum Gasteiger partial charge on any atom is -0.484 e. The molecule has 1 aromatic heterocycles. The third-order valence-electron chi connectivity index (χ3n) is 6.14. The van der Waals surface area contributed by atoms with Crippen molar-refractivity contribution in [2.24, 2.45) is 0 Å². The van der Waals surface area contributed by atoms with E-state index < -0.39 is 12.3 Å². The summed E-state index contributed by atoms with van der Waals surface area (Å²) < 4.78 is 45.7. The lowest BCUT2D eigenvalue weighted by Crippen LogP contribution is -2.49. The molecular weight excluding hydrogens is 523 g/mol. The molecule has 9 nitrogen and oxygen atoms in total. The average Bonchev–Trinajstić information content (AvgIpc) is 3.38. The molecule has 0 unspecified atom stereocenters. The molecule has 0 radical (unpaired) electrons. The van der Waals surface area contributed by atoms with E-state index in [0.29, 0.717) is 23.8 Å². The summed E-state index contributed by atoms with van der Waals surface area (Å²) in [6.07, 6.45) is -3.66. The number of piperazine rings is 1. The van der Waals surface area contributed by atoms with Crippen molar-refractivity contribution in [1.29, 1.82) is 0 Å². The van der Waals surface area contributed by atoms with Gasteiger partial charge in [0.1, 0.15) is 22.2 Å². The van der Waals surface area contributed by atoms with Crippen molar-refractivity contribution in [3.05, 3.63) is 40.3 Å². The van der Waals surface area contributed by atoms with Crippen molar-refractivity contribution in [2.75, 3.05) is 59.0 Å². The van der Waals surface area contributed by atoms with Crippen LogP contribution in [0.1, 0.15) is 35.8 Å². The molecule has 0 atom stereocenters. The maximum absolute atomic E-state index is 12.9. The second-order valence-electron chi connectivity index (χ2n) is 8.73. The number of ether oxygens (including phenoxy) is 2. The quantitative estimate of drug-likeness (QED) is 0.405. The molecule has 0 saturated carbocycles. The van der Waals surface area contributed by atoms with Gasteiger partial charge in [0.15, 0.2) is 6.61 Å². The van der Waals surface area contributed by atoms with Crippen LogP contribution in [-0.2, 0) is 11.3 Å². The lowest BCUT2D eigenvalue weighted by Gasteiger charge is -2.34. The highest BCUT2D eigenvalue weighted by Gasteiger charge is 2.31. The third-order valence-corrected chi connectivity index (χ3v) is 6.99. The lowest BCUT2D eigenvalue weighted by molar-refractivity contribution is -0.274. The number of amides is 2. The van der Waals surface area contributed by atoms with E-state index in [2.05, 4.69) is 38.7 Å². The number of thiazole rings is 1. The second kappa shape index (κ2) is 14.3. The monoisotopic (exact) mass is 557 g/mol. The minimum atomic E-state index is -4.78. The van der Waals surface area contributed by atoms with Crippen LogP contribution >= 0.6 is 11.3 Å². The van der Waals surface area contributed by atoms with Crippen LogP contribution in [0.5, 0.6) is 11.5 Å². The summed E-state index contributed by atoms with van der Waals surface area (Å²) in [7, 11) is 0. The number of carbonyl (C=O) groups is 2. The van der Waals surface area contributed by atoms with Crippen molar-refractivity contribution in [3.8, 4) is 11.5 Å². The molecule has 13 heteroatoms. The largest absolute Gasteiger partial charge is 0.573 e. The summed E-state index contributed by atoms with van der Waals surface area (Å²) in [5, 5.41) is 4.94. The zero-order chi connectivity index (χ0) is 27.5. The van der Waals surface area contributed by atoms with Crippen molar-refractivity contribution in [3.63, 3.8) is 0 Å².